The summed E-state index contributed by atoms with van der Waals surface area (Å²) in [4.78, 5) is 4.06. The zero-order valence-electron chi connectivity index (χ0n) is 6.49. The molecule has 1 N–H and O–H groups in total. The molecular formula is C8H11N3. The van der Waals surface area contributed by atoms with E-state index in [4.69, 9.17) is 0 Å². The maximum atomic E-state index is 4.06. The number of nitrogens with one attached hydrogen (secondary N) is 1. The fourth-order valence-electron chi connectivity index (χ4n) is 1.12. The molecular weight excluding hydrogens is 138 g/mol. The van der Waals surface area contributed by atoms with Crippen molar-refractivity contribution in [1.82, 2.24) is 15.4 Å². The summed E-state index contributed by atoms with van der Waals surface area (Å²) in [5.41, 5.74) is 4.40. The van der Waals surface area contributed by atoms with Crippen molar-refractivity contribution in [1.29, 1.82) is 0 Å². The molecule has 11 heavy (non-hydrogen) atoms. The summed E-state index contributed by atoms with van der Waals surface area (Å²) in [6, 6.07) is 4.51. The van der Waals surface area contributed by atoms with Gasteiger partial charge in [0.1, 0.15) is 0 Å². The third-order valence-electron chi connectivity index (χ3n) is 1.98. The summed E-state index contributed by atoms with van der Waals surface area (Å²) < 4.78 is 0. The number of rotatable bonds is 2. The summed E-state index contributed by atoms with van der Waals surface area (Å²) in [7, 11) is 0. The second-order valence-corrected chi connectivity index (χ2v) is 2.75. The van der Waals surface area contributed by atoms with Crippen LogP contribution in [0.15, 0.2) is 24.5 Å². The predicted molar refractivity (Wildman–Crippen MR) is 42.5 cm³/mol. The number of hydrogen-bond acceptors (Lipinski definition) is 3. The highest BCUT2D eigenvalue weighted by atomic mass is 15.7. The minimum absolute atomic E-state index is 0.448. The van der Waals surface area contributed by atoms with Gasteiger partial charge in [-0.25, -0.2) is 10.4 Å². The van der Waals surface area contributed by atoms with Crippen LogP contribution in [-0.4, -0.2) is 16.7 Å². The Morgan fingerprint density at radius 1 is 1.73 bits per heavy atom. The highest BCUT2D eigenvalue weighted by molar-refractivity contribution is 5.13. The van der Waals surface area contributed by atoms with Crippen molar-refractivity contribution in [3.05, 3.63) is 30.1 Å². The van der Waals surface area contributed by atoms with E-state index in [0.29, 0.717) is 6.04 Å². The first-order valence-corrected chi connectivity index (χ1v) is 3.78. The van der Waals surface area contributed by atoms with Gasteiger partial charge >= 0.3 is 0 Å². The van der Waals surface area contributed by atoms with E-state index in [9.17, 15) is 0 Å². The zero-order valence-corrected chi connectivity index (χ0v) is 6.49. The van der Waals surface area contributed by atoms with Crippen LogP contribution in [0.5, 0.6) is 0 Å². The smallest absolute Gasteiger partial charge is 0.0761 e. The Morgan fingerprint density at radius 2 is 2.55 bits per heavy atom. The van der Waals surface area contributed by atoms with E-state index in [0.717, 1.165) is 6.67 Å². The average Bonchev–Trinajstić information content (AvgIpc) is 2.87. The Morgan fingerprint density at radius 3 is 3.09 bits per heavy atom. The third-order valence-corrected chi connectivity index (χ3v) is 1.98. The third kappa shape index (κ3) is 1.39. The van der Waals surface area contributed by atoms with Gasteiger partial charge in [-0.15, -0.1) is 0 Å². The minimum atomic E-state index is 0.448. The Bertz CT molecular complexity index is 230. The number of hydrazine groups is 1. The van der Waals surface area contributed by atoms with Crippen LogP contribution in [-0.2, 0) is 0 Å². The number of aromatic nitrogens is 1. The lowest BCUT2D eigenvalue weighted by Crippen LogP contribution is -2.07. The minimum Gasteiger partial charge on any atom is -0.264 e. The Balaban J connectivity index is 2.15. The van der Waals surface area contributed by atoms with Crippen LogP contribution in [0.1, 0.15) is 18.5 Å². The van der Waals surface area contributed by atoms with Gasteiger partial charge in [-0.2, -0.15) is 0 Å². The molecule has 2 atom stereocenters. The molecule has 1 aliphatic rings. The lowest BCUT2D eigenvalue weighted by atomic mass is 10.1. The van der Waals surface area contributed by atoms with E-state index in [2.05, 4.69) is 28.4 Å². The van der Waals surface area contributed by atoms with Gasteiger partial charge in [-0.3, -0.25) is 4.98 Å². The maximum absolute atomic E-state index is 4.06. The van der Waals surface area contributed by atoms with E-state index >= 15 is 0 Å². The first kappa shape index (κ1) is 6.76. The quantitative estimate of drug-likeness (QED) is 0.635. The van der Waals surface area contributed by atoms with Crippen molar-refractivity contribution < 1.29 is 0 Å². The van der Waals surface area contributed by atoms with Gasteiger partial charge in [0.05, 0.1) is 6.67 Å². The molecule has 58 valence electrons. The molecule has 1 aromatic heterocycles. The maximum Gasteiger partial charge on any atom is 0.0761 e. The monoisotopic (exact) mass is 149 g/mol. The molecule has 1 aliphatic heterocycles. The normalized spacial score (nSPS) is 24.6. The van der Waals surface area contributed by atoms with Crippen LogP contribution in [0.3, 0.4) is 0 Å². The molecule has 1 unspecified atom stereocenters. The van der Waals surface area contributed by atoms with Crippen molar-refractivity contribution >= 4 is 0 Å². The lowest BCUT2D eigenvalue weighted by Gasteiger charge is -2.09. The summed E-state index contributed by atoms with van der Waals surface area (Å²) >= 11 is 0. The van der Waals surface area contributed by atoms with Crippen molar-refractivity contribution in [3.63, 3.8) is 0 Å². The molecule has 0 spiro atoms. The molecule has 3 heteroatoms. The van der Waals surface area contributed by atoms with Crippen LogP contribution >= 0.6 is 0 Å². The van der Waals surface area contributed by atoms with Crippen molar-refractivity contribution in [2.24, 2.45) is 0 Å². The largest absolute Gasteiger partial charge is 0.264 e. The average molecular weight is 149 g/mol. The predicted octanol–water partition coefficient (Wildman–Crippen LogP) is 0.920. The highest BCUT2D eigenvalue weighted by Gasteiger charge is 2.24. The molecule has 2 heterocycles. The molecule has 0 aliphatic carbocycles. The van der Waals surface area contributed by atoms with Gasteiger partial charge in [0.15, 0.2) is 0 Å². The number of hydrogen-bond donors (Lipinski definition) is 1. The van der Waals surface area contributed by atoms with Crippen LogP contribution in [0.2, 0.25) is 0 Å². The van der Waals surface area contributed by atoms with E-state index in [1.807, 2.05) is 12.3 Å². The Hall–Kier alpha value is -0.930. The SMILES string of the molecule is C[C@@H](c1cccnc1)N1CN1. The van der Waals surface area contributed by atoms with Crippen LogP contribution < -0.4 is 5.43 Å². The Labute approximate surface area is 66.0 Å². The molecule has 0 amide bonds. The second kappa shape index (κ2) is 2.60. The molecule has 0 bridgehead atoms. The van der Waals surface area contributed by atoms with Gasteiger partial charge in [0.2, 0.25) is 0 Å². The van der Waals surface area contributed by atoms with Gasteiger partial charge in [-0.05, 0) is 18.6 Å². The summed E-state index contributed by atoms with van der Waals surface area (Å²) in [6.07, 6.45) is 3.70. The van der Waals surface area contributed by atoms with Crippen LogP contribution in [0.25, 0.3) is 0 Å². The fraction of sp³-hybridized carbons (Fsp3) is 0.375. The highest BCUT2D eigenvalue weighted by Crippen LogP contribution is 2.20. The van der Waals surface area contributed by atoms with Crippen molar-refractivity contribution in [3.8, 4) is 0 Å². The van der Waals surface area contributed by atoms with Crippen molar-refractivity contribution in [2.75, 3.05) is 6.67 Å². The van der Waals surface area contributed by atoms with Gasteiger partial charge < -0.3 is 0 Å². The van der Waals surface area contributed by atoms with Gasteiger partial charge in [0, 0.05) is 18.4 Å². The molecule has 0 radical (unpaired) electrons. The molecule has 1 aromatic rings. The summed E-state index contributed by atoms with van der Waals surface area (Å²) in [6.45, 7) is 3.16. The fourth-order valence-corrected chi connectivity index (χ4v) is 1.12. The molecule has 0 saturated carbocycles. The Kier molecular flexibility index (Phi) is 1.60. The summed E-state index contributed by atoms with van der Waals surface area (Å²) in [5.74, 6) is 0. The number of pyridine rings is 1. The van der Waals surface area contributed by atoms with Gasteiger partial charge in [0.25, 0.3) is 0 Å². The number of nitrogens with zero attached hydrogens (tertiary/aromatic N) is 2. The van der Waals surface area contributed by atoms with E-state index < -0.39 is 0 Å². The molecule has 3 nitrogen and oxygen atoms in total. The molecule has 0 aromatic carbocycles. The molecule has 1 saturated heterocycles. The first-order chi connectivity index (χ1) is 5.38. The first-order valence-electron chi connectivity index (χ1n) is 3.78. The topological polar surface area (TPSA) is 37.8 Å². The van der Waals surface area contributed by atoms with E-state index in [1.165, 1.54) is 5.56 Å². The zero-order chi connectivity index (χ0) is 7.68. The van der Waals surface area contributed by atoms with Gasteiger partial charge in [-0.1, -0.05) is 6.07 Å². The van der Waals surface area contributed by atoms with Crippen LogP contribution in [0, 0.1) is 0 Å². The molecule has 2 rings (SSSR count). The standard InChI is InChI=1S/C8H11N3/c1-7(11-6-10-11)8-3-2-4-9-5-8/h2-5,7,10H,6H2,1H3/t7-,11?/m0/s1. The lowest BCUT2D eigenvalue weighted by molar-refractivity contribution is 0.406. The van der Waals surface area contributed by atoms with E-state index in [-0.39, 0.29) is 0 Å². The van der Waals surface area contributed by atoms with Crippen molar-refractivity contribution in [2.45, 2.75) is 13.0 Å². The van der Waals surface area contributed by atoms with E-state index in [1.54, 1.807) is 6.20 Å². The second-order valence-electron chi connectivity index (χ2n) is 2.75. The summed E-state index contributed by atoms with van der Waals surface area (Å²) in [5, 5.41) is 2.16. The van der Waals surface area contributed by atoms with Crippen LogP contribution in [0.4, 0.5) is 0 Å². The molecule has 1 fully saturated rings.